The average Bonchev–Trinajstić information content (AvgIpc) is 3.46. The second-order valence-electron chi connectivity index (χ2n) is 12.5. The number of imidazole rings is 1. The average molecular weight is 791 g/mol. The zero-order chi connectivity index (χ0) is 38.5. The Morgan fingerprint density at radius 3 is 2.24 bits per heavy atom. The first-order valence-corrected chi connectivity index (χ1v) is 16.8. The Bertz CT molecular complexity index is 1630. The number of amides is 2. The van der Waals surface area contributed by atoms with Gasteiger partial charge >= 0.3 is 12.1 Å². The summed E-state index contributed by atoms with van der Waals surface area (Å²) in [5.41, 5.74) is 6.61. The lowest BCUT2D eigenvalue weighted by molar-refractivity contribution is -0.192. The zero-order valence-corrected chi connectivity index (χ0v) is 29.8. The number of nitrogens with one attached hydrogen (secondary N) is 1. The number of carbonyl (C=O) groups is 4. The van der Waals surface area contributed by atoms with Crippen LogP contribution in [0.25, 0.3) is 11.3 Å². The van der Waals surface area contributed by atoms with E-state index in [9.17, 15) is 41.4 Å². The number of hydrogen-bond donors (Lipinski definition) is 4. The molecule has 1 heterocycles. The van der Waals surface area contributed by atoms with E-state index in [1.807, 2.05) is 51.1 Å². The van der Waals surface area contributed by atoms with E-state index < -0.39 is 59.7 Å². The largest absolute Gasteiger partial charge is 0.490 e. The van der Waals surface area contributed by atoms with Crippen LogP contribution in [0.1, 0.15) is 57.5 Å². The summed E-state index contributed by atoms with van der Waals surface area (Å²) >= 11 is 3.11. The number of benzene rings is 2. The summed E-state index contributed by atoms with van der Waals surface area (Å²) < 4.78 is 62.6. The lowest BCUT2D eigenvalue weighted by Crippen LogP contribution is -2.47. The van der Waals surface area contributed by atoms with E-state index in [1.165, 1.54) is 4.90 Å². The smallest absolute Gasteiger partial charge is 0.475 e. The highest BCUT2D eigenvalue weighted by molar-refractivity contribution is 9.09. The molecule has 0 radical (unpaired) electrons. The van der Waals surface area contributed by atoms with Crippen molar-refractivity contribution in [2.24, 2.45) is 11.1 Å². The van der Waals surface area contributed by atoms with Crippen molar-refractivity contribution in [3.8, 4) is 11.3 Å². The fraction of sp³-hybridized carbons (Fsp3) is 0.441. The minimum Gasteiger partial charge on any atom is -0.475 e. The highest BCUT2D eigenvalue weighted by Gasteiger charge is 2.39. The molecule has 3 rings (SSSR count). The lowest BCUT2D eigenvalue weighted by atomic mass is 9.84. The van der Waals surface area contributed by atoms with Crippen LogP contribution >= 0.6 is 15.9 Å². The number of aliphatic hydroxyl groups excluding tert-OH is 1. The van der Waals surface area contributed by atoms with Crippen LogP contribution in [0.5, 0.6) is 0 Å². The first kappa shape index (κ1) is 42.9. The Kier molecular flexibility index (Phi) is 16.3. The Labute approximate surface area is 300 Å². The van der Waals surface area contributed by atoms with Gasteiger partial charge in [0.15, 0.2) is 0 Å². The normalized spacial score (nSPS) is 12.7. The van der Waals surface area contributed by atoms with Gasteiger partial charge in [0.2, 0.25) is 11.8 Å². The highest BCUT2D eigenvalue weighted by atomic mass is 79.9. The number of Topliss-reactive ketones (excluding diaryl/α,β-unsaturated/α-hetero) is 1. The number of aliphatic carboxylic acids is 1. The molecule has 0 saturated heterocycles. The predicted molar refractivity (Wildman–Crippen MR) is 181 cm³/mol. The number of carboxylic acid groups (broad SMARTS) is 1. The number of ketones is 1. The zero-order valence-electron chi connectivity index (χ0n) is 28.2. The van der Waals surface area contributed by atoms with E-state index in [2.05, 4.69) is 21.2 Å². The SMILES string of the molecule is CC(C)(C)[C@H](c1nc(-c2cc(F)ccc2F)cn1Cc1ccccc1)N(CC[C@H](N)C(=O)NCCCC(=O)CBr)C(=O)CO.O=C(O)C(F)(F)F. The third-order valence-corrected chi connectivity index (χ3v) is 8.01. The summed E-state index contributed by atoms with van der Waals surface area (Å²) in [6.07, 6.45) is -2.58. The molecule has 2 aromatic carbocycles. The van der Waals surface area contributed by atoms with Crippen LogP contribution in [0.4, 0.5) is 22.0 Å². The van der Waals surface area contributed by atoms with Crippen molar-refractivity contribution < 1.29 is 51.3 Å². The van der Waals surface area contributed by atoms with Gasteiger partial charge in [-0.25, -0.2) is 18.6 Å². The number of alkyl halides is 4. The number of aliphatic hydroxyl groups is 1. The lowest BCUT2D eigenvalue weighted by Gasteiger charge is -2.40. The summed E-state index contributed by atoms with van der Waals surface area (Å²) in [6.45, 7) is 5.54. The predicted octanol–water partition coefficient (Wildman–Crippen LogP) is 5.00. The summed E-state index contributed by atoms with van der Waals surface area (Å²) in [5.74, 6) is -4.61. The molecule has 280 valence electrons. The van der Waals surface area contributed by atoms with Gasteiger partial charge in [-0.1, -0.05) is 67.0 Å². The van der Waals surface area contributed by atoms with Gasteiger partial charge in [-0.3, -0.25) is 14.4 Å². The number of carboxylic acids is 1. The Morgan fingerprint density at radius 1 is 1.06 bits per heavy atom. The van der Waals surface area contributed by atoms with E-state index >= 15 is 0 Å². The summed E-state index contributed by atoms with van der Waals surface area (Å²) in [4.78, 5) is 52.5. The molecular formula is C34H41BrF5N5O6. The molecule has 0 bridgehead atoms. The maximum absolute atomic E-state index is 14.9. The molecule has 3 aromatic rings. The molecule has 17 heteroatoms. The third-order valence-electron chi connectivity index (χ3n) is 7.38. The van der Waals surface area contributed by atoms with Gasteiger partial charge in [0.05, 0.1) is 23.1 Å². The van der Waals surface area contributed by atoms with Gasteiger partial charge in [-0.2, -0.15) is 13.2 Å². The molecular weight excluding hydrogens is 749 g/mol. The van der Waals surface area contributed by atoms with Crippen molar-refractivity contribution in [1.82, 2.24) is 19.8 Å². The maximum atomic E-state index is 14.9. The van der Waals surface area contributed by atoms with Crippen molar-refractivity contribution in [2.75, 3.05) is 25.0 Å². The number of aromatic nitrogens is 2. The van der Waals surface area contributed by atoms with E-state index in [0.717, 1.165) is 23.8 Å². The Hall–Kier alpha value is -4.22. The van der Waals surface area contributed by atoms with Crippen LogP contribution in [0.15, 0.2) is 54.7 Å². The van der Waals surface area contributed by atoms with Gasteiger partial charge in [0.25, 0.3) is 0 Å². The molecule has 0 aliphatic rings. The summed E-state index contributed by atoms with van der Waals surface area (Å²) in [7, 11) is 0. The van der Waals surface area contributed by atoms with Crippen molar-refractivity contribution in [3.05, 3.63) is 77.8 Å². The second-order valence-corrected chi connectivity index (χ2v) is 13.1. The number of nitrogens with zero attached hydrogens (tertiary/aromatic N) is 3. The molecule has 5 N–H and O–H groups in total. The topological polar surface area (TPSA) is 168 Å². The first-order chi connectivity index (χ1) is 23.8. The standard InChI is InChI=1S/C32H40BrF2N5O4.C2HF3O2/c1-32(2,3)29(40(28(43)20-41)15-13-26(36)31(44)37-14-7-10-23(42)17-33)30-38-27(24-16-22(34)11-12-25(24)35)19-39(30)18-21-8-5-4-6-9-21;3-2(4,5)1(6)7/h4-6,8-9,11-12,16,19,26,29,41H,7,10,13-15,17-18,20,36H2,1-3H3,(H,37,44);(H,6,7)/t26-,29-;/m0./s1. The third kappa shape index (κ3) is 13.4. The molecule has 2 atom stereocenters. The van der Waals surface area contributed by atoms with Crippen molar-refractivity contribution in [1.29, 1.82) is 0 Å². The first-order valence-electron chi connectivity index (χ1n) is 15.7. The number of carbonyl (C=O) groups excluding carboxylic acids is 3. The molecule has 2 amide bonds. The highest BCUT2D eigenvalue weighted by Crippen LogP contribution is 2.39. The number of halogens is 6. The monoisotopic (exact) mass is 789 g/mol. The van der Waals surface area contributed by atoms with E-state index in [4.69, 9.17) is 20.6 Å². The molecule has 1 aromatic heterocycles. The number of rotatable bonds is 15. The Morgan fingerprint density at radius 2 is 1.69 bits per heavy atom. The molecule has 0 spiro atoms. The number of nitrogens with two attached hydrogens (primary N) is 1. The molecule has 0 saturated carbocycles. The summed E-state index contributed by atoms with van der Waals surface area (Å²) in [6, 6.07) is 10.9. The van der Waals surface area contributed by atoms with Gasteiger partial charge in [0, 0.05) is 37.8 Å². The fourth-order valence-electron chi connectivity index (χ4n) is 4.97. The van der Waals surface area contributed by atoms with Crippen molar-refractivity contribution in [3.63, 3.8) is 0 Å². The maximum Gasteiger partial charge on any atom is 0.490 e. The molecule has 0 fully saturated rings. The van der Waals surface area contributed by atoms with E-state index in [1.54, 1.807) is 10.8 Å². The minimum absolute atomic E-state index is 0.0137. The minimum atomic E-state index is -5.08. The molecule has 0 unspecified atom stereocenters. The van der Waals surface area contributed by atoms with Gasteiger partial charge in [-0.05, 0) is 42.0 Å². The second kappa shape index (κ2) is 19.4. The van der Waals surface area contributed by atoms with Crippen molar-refractivity contribution in [2.45, 2.75) is 64.8 Å². The van der Waals surface area contributed by atoms with E-state index in [-0.39, 0.29) is 41.9 Å². The van der Waals surface area contributed by atoms with Gasteiger partial charge in [0.1, 0.15) is 29.8 Å². The molecule has 51 heavy (non-hydrogen) atoms. The summed E-state index contributed by atoms with van der Waals surface area (Å²) in [5, 5.41) is 20.1. The van der Waals surface area contributed by atoms with Crippen LogP contribution < -0.4 is 11.1 Å². The van der Waals surface area contributed by atoms with Gasteiger partial charge < -0.3 is 30.7 Å². The van der Waals surface area contributed by atoms with Crippen LogP contribution in [0.2, 0.25) is 0 Å². The molecule has 0 aliphatic heterocycles. The van der Waals surface area contributed by atoms with Gasteiger partial charge in [-0.15, -0.1) is 0 Å². The van der Waals surface area contributed by atoms with Crippen LogP contribution in [0.3, 0.4) is 0 Å². The van der Waals surface area contributed by atoms with E-state index in [0.29, 0.717) is 25.2 Å². The van der Waals surface area contributed by atoms with Crippen LogP contribution in [-0.2, 0) is 25.7 Å². The molecule has 11 nitrogen and oxygen atoms in total. The van der Waals surface area contributed by atoms with Crippen LogP contribution in [-0.4, -0.2) is 85.5 Å². The number of hydrogen-bond acceptors (Lipinski definition) is 7. The van der Waals surface area contributed by atoms with Crippen molar-refractivity contribution >= 4 is 39.5 Å². The van der Waals surface area contributed by atoms with Crippen LogP contribution in [0, 0.1) is 17.0 Å². The quantitative estimate of drug-likeness (QED) is 0.0949. The Balaban J connectivity index is 0.00000116. The fourth-order valence-corrected chi connectivity index (χ4v) is 5.25. The molecule has 0 aliphatic carbocycles.